The van der Waals surface area contributed by atoms with E-state index < -0.39 is 17.7 Å². The monoisotopic (exact) mass is 342 g/mol. The van der Waals surface area contributed by atoms with Crippen LogP contribution in [0.15, 0.2) is 24.8 Å². The van der Waals surface area contributed by atoms with Crippen molar-refractivity contribution >= 4 is 5.91 Å². The maximum absolute atomic E-state index is 12.3. The van der Waals surface area contributed by atoms with Gasteiger partial charge in [0.1, 0.15) is 35.9 Å². The van der Waals surface area contributed by atoms with Crippen molar-refractivity contribution in [3.8, 4) is 17.6 Å². The van der Waals surface area contributed by atoms with Gasteiger partial charge >= 0.3 is 0 Å². The summed E-state index contributed by atoms with van der Waals surface area (Å²) in [5.74, 6) is 0.941. The van der Waals surface area contributed by atoms with Crippen LogP contribution in [-0.2, 0) is 4.79 Å². The summed E-state index contributed by atoms with van der Waals surface area (Å²) < 4.78 is 11.5. The van der Waals surface area contributed by atoms with Crippen LogP contribution in [0.4, 0.5) is 0 Å². The fourth-order valence-electron chi connectivity index (χ4n) is 3.45. The standard InChI is InChI=1S/C19H22N2O4/c1-4-8-24-14-10-15-13(9-12(14)11-20)17(18(23)19(2,3)25-15)21-7-5-6-16(21)22/h4,9-10,17-18,23H,1,5-8H2,2-3H3/t17-,18+/m0/s1. The molecule has 1 N–H and O–H groups in total. The summed E-state index contributed by atoms with van der Waals surface area (Å²) in [5.41, 5.74) is 0.113. The van der Waals surface area contributed by atoms with E-state index in [2.05, 4.69) is 12.6 Å². The van der Waals surface area contributed by atoms with Gasteiger partial charge in [0.25, 0.3) is 0 Å². The van der Waals surface area contributed by atoms with Crippen LogP contribution < -0.4 is 9.47 Å². The molecule has 0 radical (unpaired) electrons. The number of nitrogens with zero attached hydrogens (tertiary/aromatic N) is 2. The lowest BCUT2D eigenvalue weighted by Crippen LogP contribution is -2.53. The quantitative estimate of drug-likeness (QED) is 0.849. The Bertz CT molecular complexity index is 751. The van der Waals surface area contributed by atoms with Gasteiger partial charge in [-0.15, -0.1) is 0 Å². The molecule has 1 aromatic carbocycles. The van der Waals surface area contributed by atoms with Crippen molar-refractivity contribution < 1.29 is 19.4 Å². The molecule has 1 amide bonds. The summed E-state index contributed by atoms with van der Waals surface area (Å²) >= 11 is 0. The first-order chi connectivity index (χ1) is 11.9. The summed E-state index contributed by atoms with van der Waals surface area (Å²) in [7, 11) is 0. The number of ether oxygens (including phenoxy) is 2. The van der Waals surface area contributed by atoms with Crippen LogP contribution in [-0.4, -0.2) is 40.8 Å². The number of aliphatic hydroxyl groups excluding tert-OH is 1. The smallest absolute Gasteiger partial charge is 0.223 e. The van der Waals surface area contributed by atoms with E-state index in [1.54, 1.807) is 37.0 Å². The Labute approximate surface area is 147 Å². The van der Waals surface area contributed by atoms with E-state index in [-0.39, 0.29) is 12.5 Å². The van der Waals surface area contributed by atoms with Crippen LogP contribution in [0.2, 0.25) is 0 Å². The van der Waals surface area contributed by atoms with Crippen LogP contribution in [0.25, 0.3) is 0 Å². The molecule has 2 aliphatic heterocycles. The summed E-state index contributed by atoms with van der Waals surface area (Å²) in [5, 5.41) is 20.3. The van der Waals surface area contributed by atoms with E-state index in [0.29, 0.717) is 35.6 Å². The van der Waals surface area contributed by atoms with E-state index in [1.165, 1.54) is 0 Å². The molecule has 6 heteroatoms. The second kappa shape index (κ2) is 6.41. The largest absolute Gasteiger partial charge is 0.488 e. The molecule has 0 aromatic heterocycles. The number of amides is 1. The van der Waals surface area contributed by atoms with Gasteiger partial charge in [0.2, 0.25) is 5.91 Å². The Hall–Kier alpha value is -2.52. The number of hydrogen-bond acceptors (Lipinski definition) is 5. The minimum absolute atomic E-state index is 0.0122. The Morgan fingerprint density at radius 3 is 2.92 bits per heavy atom. The molecule has 132 valence electrons. The second-order valence-corrected chi connectivity index (χ2v) is 6.88. The molecule has 0 spiro atoms. The van der Waals surface area contributed by atoms with Crippen molar-refractivity contribution in [2.75, 3.05) is 13.2 Å². The lowest BCUT2D eigenvalue weighted by atomic mass is 9.85. The van der Waals surface area contributed by atoms with Crippen molar-refractivity contribution in [2.45, 2.75) is 44.4 Å². The minimum Gasteiger partial charge on any atom is -0.488 e. The fourth-order valence-corrected chi connectivity index (χ4v) is 3.45. The van der Waals surface area contributed by atoms with Crippen molar-refractivity contribution in [3.63, 3.8) is 0 Å². The Morgan fingerprint density at radius 2 is 2.32 bits per heavy atom. The Balaban J connectivity index is 2.11. The van der Waals surface area contributed by atoms with Crippen molar-refractivity contribution in [1.82, 2.24) is 4.90 Å². The molecule has 1 aromatic rings. The average molecular weight is 342 g/mol. The van der Waals surface area contributed by atoms with Crippen molar-refractivity contribution in [3.05, 3.63) is 35.9 Å². The Kier molecular flexibility index (Phi) is 4.44. The van der Waals surface area contributed by atoms with E-state index in [1.807, 2.05) is 0 Å². The lowest BCUT2D eigenvalue weighted by Gasteiger charge is -2.45. The highest BCUT2D eigenvalue weighted by Gasteiger charge is 2.47. The first-order valence-electron chi connectivity index (χ1n) is 8.37. The molecule has 3 rings (SSSR count). The fraction of sp³-hybridized carbons (Fsp3) is 0.474. The number of fused-ring (bicyclic) bond motifs is 1. The first kappa shape index (κ1) is 17.3. The number of rotatable bonds is 4. The van der Waals surface area contributed by atoms with E-state index in [0.717, 1.165) is 6.42 Å². The van der Waals surface area contributed by atoms with Gasteiger partial charge in [-0.25, -0.2) is 0 Å². The molecule has 0 unspecified atom stereocenters. The number of carbonyl (C=O) groups is 1. The SMILES string of the molecule is C=CCOc1cc2c(cc1C#N)[C@H](N1CCCC1=O)[C@@H](O)C(C)(C)O2. The Morgan fingerprint density at radius 1 is 1.56 bits per heavy atom. The van der Waals surface area contributed by atoms with Gasteiger partial charge in [-0.05, 0) is 26.3 Å². The third-order valence-corrected chi connectivity index (χ3v) is 4.74. The highest BCUT2D eigenvalue weighted by molar-refractivity contribution is 5.79. The molecule has 0 bridgehead atoms. The molecule has 6 nitrogen and oxygen atoms in total. The number of hydrogen-bond donors (Lipinski definition) is 1. The molecule has 2 atom stereocenters. The van der Waals surface area contributed by atoms with Gasteiger partial charge in [-0.3, -0.25) is 4.79 Å². The summed E-state index contributed by atoms with van der Waals surface area (Å²) in [6.07, 6.45) is 1.95. The van der Waals surface area contributed by atoms with E-state index >= 15 is 0 Å². The molecular weight excluding hydrogens is 320 g/mol. The summed E-state index contributed by atoms with van der Waals surface area (Å²) in [6, 6.07) is 4.90. The summed E-state index contributed by atoms with van der Waals surface area (Å²) in [4.78, 5) is 14.0. The minimum atomic E-state index is -0.895. The molecule has 0 aliphatic carbocycles. The van der Waals surface area contributed by atoms with Crippen LogP contribution in [0.1, 0.15) is 43.9 Å². The molecule has 1 fully saturated rings. The maximum Gasteiger partial charge on any atom is 0.223 e. The third-order valence-electron chi connectivity index (χ3n) is 4.74. The predicted molar refractivity (Wildman–Crippen MR) is 91.3 cm³/mol. The first-order valence-corrected chi connectivity index (χ1v) is 8.37. The second-order valence-electron chi connectivity index (χ2n) is 6.88. The predicted octanol–water partition coefficient (Wildman–Crippen LogP) is 2.32. The molecule has 1 saturated heterocycles. The highest BCUT2D eigenvalue weighted by Crippen LogP contribution is 2.46. The lowest BCUT2D eigenvalue weighted by molar-refractivity contribution is -0.139. The number of aliphatic hydroxyl groups is 1. The molecular formula is C19H22N2O4. The molecule has 2 aliphatic rings. The van der Waals surface area contributed by atoms with Gasteiger partial charge in [0, 0.05) is 24.6 Å². The van der Waals surface area contributed by atoms with Crippen molar-refractivity contribution in [1.29, 1.82) is 5.26 Å². The highest BCUT2D eigenvalue weighted by atomic mass is 16.5. The normalized spacial score (nSPS) is 24.2. The maximum atomic E-state index is 12.3. The zero-order chi connectivity index (χ0) is 18.2. The number of benzene rings is 1. The zero-order valence-corrected chi connectivity index (χ0v) is 14.5. The number of carbonyl (C=O) groups excluding carboxylic acids is 1. The van der Waals surface area contributed by atoms with Gasteiger partial charge in [0.05, 0.1) is 11.6 Å². The molecule has 2 heterocycles. The third kappa shape index (κ3) is 2.96. The van der Waals surface area contributed by atoms with Gasteiger partial charge in [-0.1, -0.05) is 12.7 Å². The van der Waals surface area contributed by atoms with Crippen LogP contribution >= 0.6 is 0 Å². The number of likely N-dealkylation sites (tertiary alicyclic amines) is 1. The zero-order valence-electron chi connectivity index (χ0n) is 14.5. The van der Waals surface area contributed by atoms with Gasteiger partial charge < -0.3 is 19.5 Å². The topological polar surface area (TPSA) is 82.8 Å². The molecule has 0 saturated carbocycles. The van der Waals surface area contributed by atoms with Crippen LogP contribution in [0.5, 0.6) is 11.5 Å². The van der Waals surface area contributed by atoms with Crippen molar-refractivity contribution in [2.24, 2.45) is 0 Å². The molecule has 25 heavy (non-hydrogen) atoms. The average Bonchev–Trinajstić information content (AvgIpc) is 2.99. The number of nitriles is 1. The van der Waals surface area contributed by atoms with Gasteiger partial charge in [0.15, 0.2) is 0 Å². The summed E-state index contributed by atoms with van der Waals surface area (Å²) in [6.45, 7) is 8.05. The van der Waals surface area contributed by atoms with Crippen LogP contribution in [0.3, 0.4) is 0 Å². The van der Waals surface area contributed by atoms with E-state index in [9.17, 15) is 15.2 Å². The van der Waals surface area contributed by atoms with E-state index in [4.69, 9.17) is 9.47 Å². The van der Waals surface area contributed by atoms with Gasteiger partial charge in [-0.2, -0.15) is 5.26 Å². The van der Waals surface area contributed by atoms with Crippen LogP contribution in [0, 0.1) is 11.3 Å².